The van der Waals surface area contributed by atoms with Crippen LogP contribution in [0.1, 0.15) is 115 Å². The molecule has 0 spiro atoms. The maximum absolute atomic E-state index is 2.43. The lowest BCUT2D eigenvalue weighted by Gasteiger charge is -2.35. The third-order valence-corrected chi connectivity index (χ3v) is 13.9. The maximum Gasteiger partial charge on any atom is 0.0713 e. The standard InChI is InChI=1S/C64H66N2/c1-7-10-13-49-20-30-54(31-21-49)65(55-32-22-50(23-33-55)14-11-8-2)58-38-40-59(41-39-58)66(56-34-24-51(25-35-56)15-12-9-3)57-36-28-53(29-37-57)64(52-26-16-46(4)17-27-52)62-44-47(5)18-42-60(62)61-43-19-48(6)45-63(61)64/h16-45H,7-15H2,1-6H3. The van der Waals surface area contributed by atoms with Crippen LogP contribution in [0.3, 0.4) is 0 Å². The van der Waals surface area contributed by atoms with E-state index in [0.29, 0.717) is 0 Å². The van der Waals surface area contributed by atoms with Crippen LogP contribution in [0.15, 0.2) is 182 Å². The molecular formula is C64H66N2. The second-order valence-electron chi connectivity index (χ2n) is 18.8. The minimum atomic E-state index is -0.464. The van der Waals surface area contributed by atoms with E-state index in [1.165, 1.54) is 117 Å². The molecule has 2 heteroatoms. The van der Waals surface area contributed by atoms with Gasteiger partial charge in [0.2, 0.25) is 0 Å². The van der Waals surface area contributed by atoms with Crippen LogP contribution < -0.4 is 9.80 Å². The van der Waals surface area contributed by atoms with Gasteiger partial charge in [0.05, 0.1) is 5.41 Å². The van der Waals surface area contributed by atoms with Gasteiger partial charge in [-0.1, -0.05) is 166 Å². The van der Waals surface area contributed by atoms with Gasteiger partial charge in [-0.05, 0) is 182 Å². The van der Waals surface area contributed by atoms with E-state index < -0.39 is 5.41 Å². The molecule has 0 saturated heterocycles. The van der Waals surface area contributed by atoms with Crippen molar-refractivity contribution in [2.45, 2.75) is 105 Å². The highest BCUT2D eigenvalue weighted by atomic mass is 15.2. The number of fused-ring (bicyclic) bond motifs is 3. The Morgan fingerprint density at radius 2 is 0.591 bits per heavy atom. The lowest BCUT2D eigenvalue weighted by Crippen LogP contribution is -2.29. The van der Waals surface area contributed by atoms with Crippen molar-refractivity contribution < 1.29 is 0 Å². The third-order valence-electron chi connectivity index (χ3n) is 13.9. The number of hydrogen-bond donors (Lipinski definition) is 0. The molecule has 0 heterocycles. The van der Waals surface area contributed by atoms with E-state index in [1.54, 1.807) is 0 Å². The van der Waals surface area contributed by atoms with E-state index in [9.17, 15) is 0 Å². The number of hydrogen-bond acceptors (Lipinski definition) is 2. The summed E-state index contributed by atoms with van der Waals surface area (Å²) in [5.41, 5.74) is 22.3. The van der Waals surface area contributed by atoms with E-state index in [4.69, 9.17) is 0 Å². The van der Waals surface area contributed by atoms with Gasteiger partial charge in [-0.2, -0.15) is 0 Å². The second kappa shape index (κ2) is 19.8. The number of nitrogens with zero attached hydrogens (tertiary/aromatic N) is 2. The summed E-state index contributed by atoms with van der Waals surface area (Å²) in [7, 11) is 0. The molecule has 0 aliphatic heterocycles. The first-order chi connectivity index (χ1) is 32.3. The first kappa shape index (κ1) is 44.6. The normalized spacial score (nSPS) is 12.5. The molecular weight excluding hydrogens is 797 g/mol. The summed E-state index contributed by atoms with van der Waals surface area (Å²) in [5, 5.41) is 0. The van der Waals surface area contributed by atoms with Crippen molar-refractivity contribution in [2.75, 3.05) is 9.80 Å². The van der Waals surface area contributed by atoms with Gasteiger partial charge in [0.1, 0.15) is 0 Å². The molecule has 0 saturated carbocycles. The Morgan fingerprint density at radius 1 is 0.318 bits per heavy atom. The number of aryl methyl sites for hydroxylation is 6. The summed E-state index contributed by atoms with van der Waals surface area (Å²) < 4.78 is 0. The van der Waals surface area contributed by atoms with E-state index in [0.717, 1.165) is 42.0 Å². The van der Waals surface area contributed by atoms with Crippen molar-refractivity contribution in [3.8, 4) is 11.1 Å². The quantitative estimate of drug-likeness (QED) is 0.0900. The molecule has 66 heavy (non-hydrogen) atoms. The molecule has 8 aromatic rings. The average molecular weight is 863 g/mol. The molecule has 0 unspecified atom stereocenters. The van der Waals surface area contributed by atoms with Crippen LogP contribution in [-0.2, 0) is 24.7 Å². The topological polar surface area (TPSA) is 6.48 Å². The van der Waals surface area contributed by atoms with Crippen LogP contribution in [0.4, 0.5) is 34.1 Å². The second-order valence-corrected chi connectivity index (χ2v) is 18.8. The monoisotopic (exact) mass is 863 g/mol. The van der Waals surface area contributed by atoms with Gasteiger partial charge in [-0.25, -0.2) is 0 Å². The zero-order valence-corrected chi connectivity index (χ0v) is 40.1. The molecule has 0 amide bonds. The first-order valence-electron chi connectivity index (χ1n) is 24.7. The summed E-state index contributed by atoms with van der Waals surface area (Å²) in [4.78, 5) is 4.83. The number of benzene rings is 8. The van der Waals surface area contributed by atoms with E-state index >= 15 is 0 Å². The molecule has 0 aromatic heterocycles. The zero-order chi connectivity index (χ0) is 45.6. The zero-order valence-electron chi connectivity index (χ0n) is 40.1. The molecule has 0 fully saturated rings. The number of unbranched alkanes of at least 4 members (excludes halogenated alkanes) is 3. The molecule has 1 aliphatic rings. The Bertz CT molecular complexity index is 2750. The maximum atomic E-state index is 2.43. The van der Waals surface area contributed by atoms with Gasteiger partial charge >= 0.3 is 0 Å². The van der Waals surface area contributed by atoms with Gasteiger partial charge in [0, 0.05) is 34.1 Å². The van der Waals surface area contributed by atoms with Crippen molar-refractivity contribution in [1.29, 1.82) is 0 Å². The first-order valence-corrected chi connectivity index (χ1v) is 24.7. The van der Waals surface area contributed by atoms with E-state index in [2.05, 4.69) is 233 Å². The van der Waals surface area contributed by atoms with Gasteiger partial charge < -0.3 is 9.80 Å². The Kier molecular flexibility index (Phi) is 13.4. The molecule has 2 nitrogen and oxygen atoms in total. The molecule has 332 valence electrons. The lowest BCUT2D eigenvalue weighted by atomic mass is 9.67. The van der Waals surface area contributed by atoms with Crippen molar-refractivity contribution in [1.82, 2.24) is 0 Å². The molecule has 0 atom stereocenters. The molecule has 0 radical (unpaired) electrons. The Morgan fingerprint density at radius 3 is 0.909 bits per heavy atom. The molecule has 8 aromatic carbocycles. The molecule has 1 aliphatic carbocycles. The van der Waals surface area contributed by atoms with Crippen molar-refractivity contribution in [2.24, 2.45) is 0 Å². The largest absolute Gasteiger partial charge is 0.311 e. The Balaban J connectivity index is 1.15. The van der Waals surface area contributed by atoms with Crippen LogP contribution in [0.25, 0.3) is 11.1 Å². The number of anilines is 6. The van der Waals surface area contributed by atoms with Crippen molar-refractivity contribution in [3.05, 3.63) is 238 Å². The summed E-state index contributed by atoms with van der Waals surface area (Å²) in [6.07, 6.45) is 10.5. The summed E-state index contributed by atoms with van der Waals surface area (Å²) in [5.74, 6) is 0. The van der Waals surface area contributed by atoms with Gasteiger partial charge in [0.25, 0.3) is 0 Å². The van der Waals surface area contributed by atoms with Gasteiger partial charge in [-0.3, -0.25) is 0 Å². The highest BCUT2D eigenvalue weighted by Crippen LogP contribution is 2.57. The SMILES string of the molecule is CCCCc1ccc(N(c2ccc(CCCC)cc2)c2ccc(N(c3ccc(CCCC)cc3)c3ccc(C4(c5ccc(C)cc5)c5cc(C)ccc5-c5ccc(C)cc54)cc3)cc2)cc1. The predicted octanol–water partition coefficient (Wildman–Crippen LogP) is 17.9. The highest BCUT2D eigenvalue weighted by molar-refractivity contribution is 5.88. The minimum absolute atomic E-state index is 0.464. The highest BCUT2D eigenvalue weighted by Gasteiger charge is 2.46. The fourth-order valence-corrected chi connectivity index (χ4v) is 10.2. The smallest absolute Gasteiger partial charge is 0.0713 e. The average Bonchev–Trinajstić information content (AvgIpc) is 3.63. The van der Waals surface area contributed by atoms with Crippen LogP contribution in [-0.4, -0.2) is 0 Å². The summed E-state index contributed by atoms with van der Waals surface area (Å²) in [6, 6.07) is 69.7. The molecule has 0 N–H and O–H groups in total. The Hall–Kier alpha value is -6.64. The fourth-order valence-electron chi connectivity index (χ4n) is 10.2. The van der Waals surface area contributed by atoms with Crippen LogP contribution in [0.2, 0.25) is 0 Å². The summed E-state index contributed by atoms with van der Waals surface area (Å²) in [6.45, 7) is 13.4. The lowest BCUT2D eigenvalue weighted by molar-refractivity contribution is 0.766. The van der Waals surface area contributed by atoms with E-state index in [-0.39, 0.29) is 0 Å². The van der Waals surface area contributed by atoms with E-state index in [1.807, 2.05) is 0 Å². The molecule has 9 rings (SSSR count). The van der Waals surface area contributed by atoms with Gasteiger partial charge in [0.15, 0.2) is 0 Å². The summed E-state index contributed by atoms with van der Waals surface area (Å²) >= 11 is 0. The third kappa shape index (κ3) is 8.87. The predicted molar refractivity (Wildman–Crippen MR) is 283 cm³/mol. The van der Waals surface area contributed by atoms with Crippen LogP contribution >= 0.6 is 0 Å². The number of rotatable bonds is 17. The minimum Gasteiger partial charge on any atom is -0.311 e. The molecule has 0 bridgehead atoms. The van der Waals surface area contributed by atoms with Crippen molar-refractivity contribution in [3.63, 3.8) is 0 Å². The fraction of sp³-hybridized carbons (Fsp3) is 0.250. The van der Waals surface area contributed by atoms with Crippen LogP contribution in [0, 0.1) is 20.8 Å². The van der Waals surface area contributed by atoms with Crippen molar-refractivity contribution >= 4 is 34.1 Å². The van der Waals surface area contributed by atoms with Crippen LogP contribution in [0.5, 0.6) is 0 Å². The van der Waals surface area contributed by atoms with Gasteiger partial charge in [-0.15, -0.1) is 0 Å². The Labute approximate surface area is 395 Å².